The molecule has 2 aliphatic heterocycles. The van der Waals surface area contributed by atoms with Crippen molar-refractivity contribution in [3.05, 3.63) is 12.2 Å². The summed E-state index contributed by atoms with van der Waals surface area (Å²) in [5.41, 5.74) is -1.21. The van der Waals surface area contributed by atoms with Gasteiger partial charge < -0.3 is 9.84 Å². The Kier molecular flexibility index (Phi) is 2.44. The number of carbonyl (C=O) groups is 3. The van der Waals surface area contributed by atoms with Crippen molar-refractivity contribution in [2.24, 2.45) is 29.1 Å². The molecule has 1 saturated carbocycles. The average molecular weight is 291 g/mol. The Labute approximate surface area is 121 Å². The van der Waals surface area contributed by atoms with Gasteiger partial charge in [-0.1, -0.05) is 12.2 Å². The Morgan fingerprint density at radius 1 is 1.29 bits per heavy atom. The fraction of sp³-hybridized carbons (Fsp3) is 0.667. The number of imide groups is 1. The molecule has 0 aromatic carbocycles. The van der Waals surface area contributed by atoms with Crippen molar-refractivity contribution in [2.75, 3.05) is 13.2 Å². The predicted molar refractivity (Wildman–Crippen MR) is 69.9 cm³/mol. The van der Waals surface area contributed by atoms with E-state index in [1.165, 1.54) is 4.90 Å². The van der Waals surface area contributed by atoms with E-state index in [0.29, 0.717) is 0 Å². The van der Waals surface area contributed by atoms with Gasteiger partial charge in [0.1, 0.15) is 5.41 Å². The Morgan fingerprint density at radius 2 is 1.86 bits per heavy atom. The van der Waals surface area contributed by atoms with Crippen molar-refractivity contribution in [1.29, 1.82) is 0 Å². The minimum Gasteiger partial charge on any atom is -0.481 e. The van der Waals surface area contributed by atoms with Crippen LogP contribution in [0.3, 0.4) is 0 Å². The average Bonchev–Trinajstić information content (AvgIpc) is 3.16. The van der Waals surface area contributed by atoms with Crippen molar-refractivity contribution in [2.45, 2.75) is 19.4 Å². The molecule has 21 heavy (non-hydrogen) atoms. The molecule has 3 fully saturated rings. The van der Waals surface area contributed by atoms with Gasteiger partial charge in [-0.3, -0.25) is 19.3 Å². The summed E-state index contributed by atoms with van der Waals surface area (Å²) in [6.07, 6.45) is 4.93. The number of allylic oxidation sites excluding steroid dienone is 2. The molecule has 0 aromatic heterocycles. The number of carboxylic acids is 1. The summed E-state index contributed by atoms with van der Waals surface area (Å²) in [5.74, 6) is -1.73. The van der Waals surface area contributed by atoms with Crippen LogP contribution in [0, 0.1) is 29.1 Å². The number of hydrogen-bond acceptors (Lipinski definition) is 4. The van der Waals surface area contributed by atoms with Crippen LogP contribution >= 0.6 is 0 Å². The second-order valence-corrected chi connectivity index (χ2v) is 6.80. The van der Waals surface area contributed by atoms with Crippen LogP contribution in [0.1, 0.15) is 13.3 Å². The first-order valence-corrected chi connectivity index (χ1v) is 7.31. The van der Waals surface area contributed by atoms with Gasteiger partial charge in [-0.25, -0.2) is 0 Å². The maximum atomic E-state index is 12.7. The highest BCUT2D eigenvalue weighted by atomic mass is 16.5. The van der Waals surface area contributed by atoms with Gasteiger partial charge in [-0.15, -0.1) is 0 Å². The molecular weight excluding hydrogens is 274 g/mol. The smallest absolute Gasteiger partial charge is 0.313 e. The monoisotopic (exact) mass is 291 g/mol. The third kappa shape index (κ3) is 1.43. The van der Waals surface area contributed by atoms with Crippen LogP contribution in [-0.2, 0) is 19.1 Å². The summed E-state index contributed by atoms with van der Waals surface area (Å²) in [7, 11) is 0. The molecule has 112 valence electrons. The molecular formula is C15H17NO5. The van der Waals surface area contributed by atoms with Gasteiger partial charge in [-0.2, -0.15) is 0 Å². The normalized spacial score (nSPS) is 47.5. The minimum absolute atomic E-state index is 0.0322. The topological polar surface area (TPSA) is 83.9 Å². The van der Waals surface area contributed by atoms with Crippen LogP contribution in [0.5, 0.6) is 0 Å². The SMILES string of the molecule is CC1(C(=O)O)COCC1N1C(=O)C2C3C=CC(C3)C2C1=O. The zero-order valence-corrected chi connectivity index (χ0v) is 11.7. The van der Waals surface area contributed by atoms with E-state index in [9.17, 15) is 19.5 Å². The van der Waals surface area contributed by atoms with E-state index in [-0.39, 0.29) is 48.7 Å². The summed E-state index contributed by atoms with van der Waals surface area (Å²) in [4.78, 5) is 38.2. The van der Waals surface area contributed by atoms with E-state index in [2.05, 4.69) is 0 Å². The highest BCUT2D eigenvalue weighted by molar-refractivity contribution is 6.07. The number of ether oxygens (including phenoxy) is 1. The summed E-state index contributed by atoms with van der Waals surface area (Å²) >= 11 is 0. The Hall–Kier alpha value is -1.69. The molecule has 6 heteroatoms. The van der Waals surface area contributed by atoms with Crippen LogP contribution in [0.2, 0.25) is 0 Å². The van der Waals surface area contributed by atoms with Gasteiger partial charge in [0.05, 0.1) is 31.1 Å². The molecule has 0 spiro atoms. The van der Waals surface area contributed by atoms with Crippen LogP contribution in [0.25, 0.3) is 0 Å². The Bertz CT molecular complexity index is 555. The zero-order valence-electron chi connectivity index (χ0n) is 11.7. The van der Waals surface area contributed by atoms with E-state index >= 15 is 0 Å². The standard InChI is InChI=1S/C15H17NO5/c1-15(14(19)20)6-21-5-9(15)16-12(17)10-7-2-3-8(4-7)11(10)13(16)18/h2-3,7-11H,4-6H2,1H3,(H,19,20). The molecule has 4 rings (SSSR count). The third-order valence-corrected chi connectivity index (χ3v) is 5.72. The molecule has 6 unspecified atom stereocenters. The van der Waals surface area contributed by atoms with Gasteiger partial charge in [0.15, 0.2) is 0 Å². The number of carboxylic acid groups (broad SMARTS) is 1. The van der Waals surface area contributed by atoms with Gasteiger partial charge in [0.25, 0.3) is 0 Å². The van der Waals surface area contributed by atoms with Gasteiger partial charge in [0.2, 0.25) is 11.8 Å². The van der Waals surface area contributed by atoms with E-state index in [0.717, 1.165) is 6.42 Å². The molecule has 0 radical (unpaired) electrons. The van der Waals surface area contributed by atoms with Crippen molar-refractivity contribution >= 4 is 17.8 Å². The largest absolute Gasteiger partial charge is 0.481 e. The molecule has 6 atom stereocenters. The van der Waals surface area contributed by atoms with Crippen molar-refractivity contribution in [1.82, 2.24) is 4.90 Å². The molecule has 1 N–H and O–H groups in total. The van der Waals surface area contributed by atoms with Gasteiger partial charge >= 0.3 is 5.97 Å². The summed E-state index contributed by atoms with van der Waals surface area (Å²) in [6.45, 7) is 1.70. The summed E-state index contributed by atoms with van der Waals surface area (Å²) < 4.78 is 5.29. The Balaban J connectivity index is 1.70. The second-order valence-electron chi connectivity index (χ2n) is 6.80. The molecule has 4 aliphatic rings. The number of hydrogen-bond donors (Lipinski definition) is 1. The maximum absolute atomic E-state index is 12.7. The molecule has 2 bridgehead atoms. The van der Waals surface area contributed by atoms with E-state index in [1.54, 1.807) is 6.92 Å². The number of fused-ring (bicyclic) bond motifs is 5. The van der Waals surface area contributed by atoms with Crippen LogP contribution in [-0.4, -0.2) is 47.0 Å². The quantitative estimate of drug-likeness (QED) is 0.583. The van der Waals surface area contributed by atoms with E-state index in [1.807, 2.05) is 12.2 Å². The first-order valence-electron chi connectivity index (χ1n) is 7.31. The second kappa shape index (κ2) is 3.94. The predicted octanol–water partition coefficient (Wildman–Crippen LogP) is 0.283. The van der Waals surface area contributed by atoms with Crippen molar-refractivity contribution in [3.8, 4) is 0 Å². The van der Waals surface area contributed by atoms with Crippen molar-refractivity contribution < 1.29 is 24.2 Å². The lowest BCUT2D eigenvalue weighted by Crippen LogP contribution is -2.53. The molecule has 6 nitrogen and oxygen atoms in total. The minimum atomic E-state index is -1.21. The zero-order chi connectivity index (χ0) is 14.9. The third-order valence-electron chi connectivity index (χ3n) is 5.72. The summed E-state index contributed by atoms with van der Waals surface area (Å²) in [6, 6.07) is -0.694. The van der Waals surface area contributed by atoms with Crippen LogP contribution < -0.4 is 0 Å². The lowest BCUT2D eigenvalue weighted by atomic mass is 9.84. The first kappa shape index (κ1) is 13.0. The lowest BCUT2D eigenvalue weighted by Gasteiger charge is -2.32. The number of amides is 2. The van der Waals surface area contributed by atoms with Crippen molar-refractivity contribution in [3.63, 3.8) is 0 Å². The lowest BCUT2D eigenvalue weighted by molar-refractivity contribution is -0.154. The summed E-state index contributed by atoms with van der Waals surface area (Å²) in [5, 5.41) is 9.45. The highest BCUT2D eigenvalue weighted by Gasteiger charge is 2.63. The van der Waals surface area contributed by atoms with Gasteiger partial charge in [-0.05, 0) is 25.2 Å². The molecule has 0 aromatic rings. The number of carbonyl (C=O) groups excluding carboxylic acids is 2. The number of rotatable bonds is 2. The molecule has 2 saturated heterocycles. The van der Waals surface area contributed by atoms with E-state index < -0.39 is 17.4 Å². The highest BCUT2D eigenvalue weighted by Crippen LogP contribution is 2.54. The molecule has 2 amide bonds. The number of nitrogens with zero attached hydrogens (tertiary/aromatic N) is 1. The fourth-order valence-electron chi connectivity index (χ4n) is 4.46. The van der Waals surface area contributed by atoms with Crippen LogP contribution in [0.15, 0.2) is 12.2 Å². The Morgan fingerprint density at radius 3 is 2.38 bits per heavy atom. The molecule has 2 heterocycles. The number of likely N-dealkylation sites (tertiary alicyclic amines) is 1. The van der Waals surface area contributed by atoms with Gasteiger partial charge in [0, 0.05) is 0 Å². The maximum Gasteiger partial charge on any atom is 0.313 e. The fourth-order valence-corrected chi connectivity index (χ4v) is 4.46. The van der Waals surface area contributed by atoms with E-state index in [4.69, 9.17) is 4.74 Å². The first-order chi connectivity index (χ1) is 9.95. The number of aliphatic carboxylic acids is 1. The molecule has 2 aliphatic carbocycles. The van der Waals surface area contributed by atoms with Crippen LogP contribution in [0.4, 0.5) is 0 Å².